The minimum absolute atomic E-state index is 0.140. The molecule has 1 aromatic carbocycles. The quantitative estimate of drug-likeness (QED) is 0.901. The van der Waals surface area contributed by atoms with E-state index in [0.717, 1.165) is 5.56 Å². The Morgan fingerprint density at radius 2 is 2.05 bits per heavy atom. The van der Waals surface area contributed by atoms with Gasteiger partial charge in [0.2, 0.25) is 0 Å². The Morgan fingerprint density at radius 1 is 1.40 bits per heavy atom. The molecule has 1 amide bonds. The standard InChI is InChI=1S/C13H17F3N2O2/c1-18(2)11(8-17-12(19)13(14,15)16)9-5-4-6-10(7-9)20-3/h4-7,11H,8H2,1-3H3,(H,17,19). The van der Waals surface area contributed by atoms with Crippen molar-refractivity contribution in [1.29, 1.82) is 0 Å². The smallest absolute Gasteiger partial charge is 0.471 e. The first-order valence-electron chi connectivity index (χ1n) is 5.91. The molecular weight excluding hydrogens is 273 g/mol. The molecule has 4 nitrogen and oxygen atoms in total. The molecule has 1 N–H and O–H groups in total. The number of hydrogen-bond donors (Lipinski definition) is 1. The van der Waals surface area contributed by atoms with Crippen LogP contribution in [-0.4, -0.2) is 44.7 Å². The van der Waals surface area contributed by atoms with E-state index in [0.29, 0.717) is 5.75 Å². The average Bonchev–Trinajstić information content (AvgIpc) is 2.37. The zero-order valence-corrected chi connectivity index (χ0v) is 11.5. The molecule has 0 aliphatic rings. The van der Waals surface area contributed by atoms with Crippen LogP contribution in [0.5, 0.6) is 5.75 Å². The molecule has 0 aliphatic carbocycles. The van der Waals surface area contributed by atoms with Gasteiger partial charge in [-0.25, -0.2) is 0 Å². The fourth-order valence-electron chi connectivity index (χ4n) is 1.74. The summed E-state index contributed by atoms with van der Waals surface area (Å²) < 4.78 is 41.6. The monoisotopic (exact) mass is 290 g/mol. The molecule has 0 radical (unpaired) electrons. The highest BCUT2D eigenvalue weighted by Gasteiger charge is 2.38. The molecule has 0 spiro atoms. The lowest BCUT2D eigenvalue weighted by Crippen LogP contribution is -2.41. The Balaban J connectivity index is 2.82. The number of carbonyl (C=O) groups is 1. The third-order valence-corrected chi connectivity index (χ3v) is 2.82. The lowest BCUT2D eigenvalue weighted by atomic mass is 10.1. The maximum Gasteiger partial charge on any atom is 0.471 e. The summed E-state index contributed by atoms with van der Waals surface area (Å²) in [4.78, 5) is 12.6. The minimum Gasteiger partial charge on any atom is -0.497 e. The Labute approximate surface area is 115 Å². The molecule has 0 aromatic heterocycles. The van der Waals surface area contributed by atoms with Crippen molar-refractivity contribution < 1.29 is 22.7 Å². The van der Waals surface area contributed by atoms with E-state index >= 15 is 0 Å². The number of hydrogen-bond acceptors (Lipinski definition) is 3. The number of benzene rings is 1. The lowest BCUT2D eigenvalue weighted by molar-refractivity contribution is -0.173. The second kappa shape index (κ2) is 6.60. The van der Waals surface area contributed by atoms with Crippen molar-refractivity contribution in [2.24, 2.45) is 0 Å². The van der Waals surface area contributed by atoms with Gasteiger partial charge in [-0.3, -0.25) is 4.79 Å². The molecule has 1 rings (SSSR count). The number of nitrogens with one attached hydrogen (secondary N) is 1. The highest BCUT2D eigenvalue weighted by Crippen LogP contribution is 2.22. The lowest BCUT2D eigenvalue weighted by Gasteiger charge is -2.25. The molecule has 0 heterocycles. The Kier molecular flexibility index (Phi) is 5.38. The summed E-state index contributed by atoms with van der Waals surface area (Å²) in [5.74, 6) is -1.33. The van der Waals surface area contributed by atoms with Gasteiger partial charge in [-0.05, 0) is 31.8 Å². The number of halogens is 3. The van der Waals surface area contributed by atoms with Crippen molar-refractivity contribution in [3.8, 4) is 5.75 Å². The highest BCUT2D eigenvalue weighted by atomic mass is 19.4. The van der Waals surface area contributed by atoms with Gasteiger partial charge >= 0.3 is 12.1 Å². The molecule has 20 heavy (non-hydrogen) atoms. The van der Waals surface area contributed by atoms with E-state index in [2.05, 4.69) is 0 Å². The zero-order valence-electron chi connectivity index (χ0n) is 11.5. The minimum atomic E-state index is -4.87. The Morgan fingerprint density at radius 3 is 2.55 bits per heavy atom. The van der Waals surface area contributed by atoms with Gasteiger partial charge in [0, 0.05) is 6.54 Å². The van der Waals surface area contributed by atoms with Crippen molar-refractivity contribution in [2.45, 2.75) is 12.2 Å². The van der Waals surface area contributed by atoms with Crippen molar-refractivity contribution in [1.82, 2.24) is 10.2 Å². The van der Waals surface area contributed by atoms with Crippen LogP contribution in [0.25, 0.3) is 0 Å². The van der Waals surface area contributed by atoms with Crippen LogP contribution >= 0.6 is 0 Å². The molecule has 0 bridgehead atoms. The molecule has 1 atom stereocenters. The van der Waals surface area contributed by atoms with Crippen LogP contribution in [0.2, 0.25) is 0 Å². The number of methoxy groups -OCH3 is 1. The first-order valence-corrected chi connectivity index (χ1v) is 5.91. The van der Waals surface area contributed by atoms with Crippen molar-refractivity contribution in [3.05, 3.63) is 29.8 Å². The molecular formula is C13H17F3N2O2. The van der Waals surface area contributed by atoms with Gasteiger partial charge in [-0.15, -0.1) is 0 Å². The summed E-state index contributed by atoms with van der Waals surface area (Å²) in [5.41, 5.74) is 0.761. The Bertz CT molecular complexity index is 461. The molecule has 7 heteroatoms. The Hall–Kier alpha value is -1.76. The zero-order chi connectivity index (χ0) is 15.3. The number of nitrogens with zero attached hydrogens (tertiary/aromatic N) is 1. The second-order valence-electron chi connectivity index (χ2n) is 4.46. The predicted octanol–water partition coefficient (Wildman–Crippen LogP) is 1.98. The van der Waals surface area contributed by atoms with E-state index in [1.165, 1.54) is 7.11 Å². The molecule has 1 aromatic rings. The summed E-state index contributed by atoms with van der Waals surface area (Å²) in [6, 6.07) is 6.61. The summed E-state index contributed by atoms with van der Waals surface area (Å²) in [6.45, 7) is -0.140. The van der Waals surface area contributed by atoms with E-state index in [9.17, 15) is 18.0 Å². The van der Waals surface area contributed by atoms with E-state index < -0.39 is 12.1 Å². The number of alkyl halides is 3. The third-order valence-electron chi connectivity index (χ3n) is 2.82. The van der Waals surface area contributed by atoms with Crippen LogP contribution in [0.4, 0.5) is 13.2 Å². The van der Waals surface area contributed by atoms with Gasteiger partial charge in [-0.1, -0.05) is 12.1 Å². The molecule has 112 valence electrons. The van der Waals surface area contributed by atoms with E-state index in [1.54, 1.807) is 43.3 Å². The van der Waals surface area contributed by atoms with E-state index in [1.807, 2.05) is 5.32 Å². The number of likely N-dealkylation sites (N-methyl/N-ethyl adjacent to an activating group) is 1. The van der Waals surface area contributed by atoms with Gasteiger partial charge in [0.1, 0.15) is 5.75 Å². The first kappa shape index (κ1) is 16.3. The average molecular weight is 290 g/mol. The van der Waals surface area contributed by atoms with Gasteiger partial charge in [0.25, 0.3) is 0 Å². The van der Waals surface area contributed by atoms with Crippen LogP contribution in [0.1, 0.15) is 11.6 Å². The topological polar surface area (TPSA) is 41.6 Å². The number of rotatable bonds is 5. The van der Waals surface area contributed by atoms with Crippen LogP contribution in [-0.2, 0) is 4.79 Å². The normalized spacial score (nSPS) is 13.2. The molecule has 0 saturated heterocycles. The van der Waals surface area contributed by atoms with E-state index in [4.69, 9.17) is 4.74 Å². The van der Waals surface area contributed by atoms with Crippen LogP contribution in [0, 0.1) is 0 Å². The van der Waals surface area contributed by atoms with Gasteiger partial charge in [-0.2, -0.15) is 13.2 Å². The van der Waals surface area contributed by atoms with Crippen LogP contribution in [0.3, 0.4) is 0 Å². The highest BCUT2D eigenvalue weighted by molar-refractivity contribution is 5.81. The summed E-state index contributed by atoms with van der Waals surface area (Å²) >= 11 is 0. The van der Waals surface area contributed by atoms with Crippen molar-refractivity contribution in [3.63, 3.8) is 0 Å². The molecule has 0 aliphatic heterocycles. The fourth-order valence-corrected chi connectivity index (χ4v) is 1.74. The van der Waals surface area contributed by atoms with Gasteiger partial charge in [0.05, 0.1) is 13.2 Å². The molecule has 0 fully saturated rings. The maximum atomic E-state index is 12.2. The largest absolute Gasteiger partial charge is 0.497 e. The maximum absolute atomic E-state index is 12.2. The van der Waals surface area contributed by atoms with Crippen LogP contribution in [0.15, 0.2) is 24.3 Å². The number of ether oxygens (including phenoxy) is 1. The van der Waals surface area contributed by atoms with Crippen molar-refractivity contribution >= 4 is 5.91 Å². The second-order valence-corrected chi connectivity index (χ2v) is 4.46. The third kappa shape index (κ3) is 4.41. The SMILES string of the molecule is COc1cccc(C(CNC(=O)C(F)(F)F)N(C)C)c1. The summed E-state index contributed by atoms with van der Waals surface area (Å²) in [7, 11) is 4.96. The molecule has 0 saturated carbocycles. The van der Waals surface area contributed by atoms with Gasteiger partial charge < -0.3 is 15.0 Å². The fraction of sp³-hybridized carbons (Fsp3) is 0.462. The van der Waals surface area contributed by atoms with Gasteiger partial charge in [0.15, 0.2) is 0 Å². The van der Waals surface area contributed by atoms with Crippen molar-refractivity contribution in [2.75, 3.05) is 27.7 Å². The number of amides is 1. The number of carbonyl (C=O) groups excluding carboxylic acids is 1. The first-order chi connectivity index (χ1) is 9.25. The summed E-state index contributed by atoms with van der Waals surface area (Å²) in [6.07, 6.45) is -4.87. The van der Waals surface area contributed by atoms with Crippen LogP contribution < -0.4 is 10.1 Å². The molecule has 1 unspecified atom stereocenters. The summed E-state index contributed by atoms with van der Waals surface area (Å²) in [5, 5.41) is 1.89. The van der Waals surface area contributed by atoms with E-state index in [-0.39, 0.29) is 12.6 Å². The predicted molar refractivity (Wildman–Crippen MR) is 68.5 cm³/mol.